The van der Waals surface area contributed by atoms with Gasteiger partial charge in [-0.25, -0.2) is 4.98 Å². The molecular formula is C11H16N4O. The first-order chi connectivity index (χ1) is 7.58. The van der Waals surface area contributed by atoms with Crippen LogP contribution in [0.2, 0.25) is 0 Å². The molecule has 0 bridgehead atoms. The molecule has 2 rings (SSSR count). The Morgan fingerprint density at radius 3 is 2.81 bits per heavy atom. The molecule has 0 unspecified atom stereocenters. The van der Waals surface area contributed by atoms with Crippen LogP contribution >= 0.6 is 0 Å². The van der Waals surface area contributed by atoms with E-state index in [1.54, 1.807) is 11.1 Å². The Morgan fingerprint density at radius 1 is 1.44 bits per heavy atom. The van der Waals surface area contributed by atoms with Gasteiger partial charge in [0.25, 0.3) is 0 Å². The molecule has 86 valence electrons. The highest BCUT2D eigenvalue weighted by Gasteiger charge is 2.22. The molecule has 2 N–H and O–H groups in total. The minimum Gasteiger partial charge on any atom is -0.397 e. The third-order valence-corrected chi connectivity index (χ3v) is 2.83. The van der Waals surface area contributed by atoms with Crippen molar-refractivity contribution in [2.24, 2.45) is 0 Å². The monoisotopic (exact) mass is 220 g/mol. The van der Waals surface area contributed by atoms with Crippen LogP contribution in [0.4, 0.5) is 11.5 Å². The van der Waals surface area contributed by atoms with Crippen molar-refractivity contribution in [1.82, 2.24) is 9.88 Å². The normalized spacial score (nSPS) is 16.8. The van der Waals surface area contributed by atoms with Crippen LogP contribution in [0.5, 0.6) is 0 Å². The first kappa shape index (κ1) is 10.7. The van der Waals surface area contributed by atoms with Gasteiger partial charge in [0.1, 0.15) is 5.82 Å². The van der Waals surface area contributed by atoms with Gasteiger partial charge >= 0.3 is 0 Å². The lowest BCUT2D eigenvalue weighted by atomic mass is 10.2. The molecule has 0 spiro atoms. The van der Waals surface area contributed by atoms with E-state index in [-0.39, 0.29) is 5.91 Å². The SMILES string of the molecule is Cc1cc(N)cnc1N1CCN(C)C(=O)C1. The minimum atomic E-state index is 0.129. The van der Waals surface area contributed by atoms with Crippen molar-refractivity contribution in [2.75, 3.05) is 37.3 Å². The van der Waals surface area contributed by atoms with Gasteiger partial charge in [-0.05, 0) is 18.6 Å². The first-order valence-electron chi connectivity index (χ1n) is 5.29. The summed E-state index contributed by atoms with van der Waals surface area (Å²) in [6, 6.07) is 1.88. The first-order valence-corrected chi connectivity index (χ1v) is 5.29. The highest BCUT2D eigenvalue weighted by atomic mass is 16.2. The number of rotatable bonds is 1. The zero-order valence-electron chi connectivity index (χ0n) is 9.60. The molecule has 0 radical (unpaired) electrons. The molecule has 16 heavy (non-hydrogen) atoms. The van der Waals surface area contributed by atoms with Gasteiger partial charge < -0.3 is 15.5 Å². The van der Waals surface area contributed by atoms with E-state index in [2.05, 4.69) is 4.98 Å². The number of anilines is 2. The standard InChI is InChI=1S/C11H16N4O/c1-8-5-9(12)6-13-11(8)15-4-3-14(2)10(16)7-15/h5-6H,3-4,7,12H2,1-2H3. The Labute approximate surface area is 94.9 Å². The summed E-state index contributed by atoms with van der Waals surface area (Å²) in [5.74, 6) is 0.986. The fraction of sp³-hybridized carbons (Fsp3) is 0.455. The fourth-order valence-corrected chi connectivity index (χ4v) is 1.86. The molecular weight excluding hydrogens is 204 g/mol. The highest BCUT2D eigenvalue weighted by molar-refractivity contribution is 5.82. The molecule has 0 aliphatic carbocycles. The average Bonchev–Trinajstić information content (AvgIpc) is 2.22. The number of carbonyl (C=O) groups excluding carboxylic acids is 1. The smallest absolute Gasteiger partial charge is 0.241 e. The number of piperazine rings is 1. The van der Waals surface area contributed by atoms with Crippen LogP contribution in [0, 0.1) is 6.92 Å². The van der Waals surface area contributed by atoms with Gasteiger partial charge in [0.15, 0.2) is 0 Å². The number of amides is 1. The summed E-state index contributed by atoms with van der Waals surface area (Å²) in [7, 11) is 1.82. The maximum atomic E-state index is 11.6. The number of aromatic nitrogens is 1. The lowest BCUT2D eigenvalue weighted by molar-refractivity contribution is -0.129. The zero-order valence-corrected chi connectivity index (χ0v) is 9.60. The summed E-state index contributed by atoms with van der Waals surface area (Å²) >= 11 is 0. The lowest BCUT2D eigenvalue weighted by Crippen LogP contribution is -2.49. The zero-order chi connectivity index (χ0) is 11.7. The molecule has 0 saturated carbocycles. The van der Waals surface area contributed by atoms with Crippen LogP contribution in [0.25, 0.3) is 0 Å². The number of hydrogen-bond donors (Lipinski definition) is 1. The van der Waals surface area contributed by atoms with Crippen molar-refractivity contribution >= 4 is 17.4 Å². The van der Waals surface area contributed by atoms with Crippen molar-refractivity contribution in [3.8, 4) is 0 Å². The summed E-state index contributed by atoms with van der Waals surface area (Å²) in [5.41, 5.74) is 7.32. The molecule has 1 aliphatic rings. The Hall–Kier alpha value is -1.78. The molecule has 1 saturated heterocycles. The molecule has 1 aromatic rings. The fourth-order valence-electron chi connectivity index (χ4n) is 1.86. The number of carbonyl (C=O) groups is 1. The molecule has 1 fully saturated rings. The van der Waals surface area contributed by atoms with Crippen LogP contribution in [0.1, 0.15) is 5.56 Å². The molecule has 5 heteroatoms. The number of aryl methyl sites for hydroxylation is 1. The summed E-state index contributed by atoms with van der Waals surface area (Å²) < 4.78 is 0. The van der Waals surface area contributed by atoms with Crippen molar-refractivity contribution in [3.05, 3.63) is 17.8 Å². The van der Waals surface area contributed by atoms with Gasteiger partial charge in [0, 0.05) is 20.1 Å². The predicted molar refractivity (Wildman–Crippen MR) is 63.2 cm³/mol. The summed E-state index contributed by atoms with van der Waals surface area (Å²) in [4.78, 5) is 19.6. The second-order valence-corrected chi connectivity index (χ2v) is 4.15. The molecule has 1 amide bonds. The molecule has 0 atom stereocenters. The topological polar surface area (TPSA) is 62.5 Å². The Morgan fingerprint density at radius 2 is 2.19 bits per heavy atom. The average molecular weight is 220 g/mol. The Kier molecular flexibility index (Phi) is 2.68. The van der Waals surface area contributed by atoms with Crippen LogP contribution < -0.4 is 10.6 Å². The van der Waals surface area contributed by atoms with Gasteiger partial charge in [-0.3, -0.25) is 4.79 Å². The van der Waals surface area contributed by atoms with E-state index < -0.39 is 0 Å². The van der Waals surface area contributed by atoms with Crippen molar-refractivity contribution in [1.29, 1.82) is 0 Å². The third-order valence-electron chi connectivity index (χ3n) is 2.83. The van der Waals surface area contributed by atoms with E-state index in [1.807, 2.05) is 24.9 Å². The lowest BCUT2D eigenvalue weighted by Gasteiger charge is -2.33. The Balaban J connectivity index is 2.22. The van der Waals surface area contributed by atoms with Gasteiger partial charge in [-0.15, -0.1) is 0 Å². The Bertz CT molecular complexity index is 418. The third kappa shape index (κ3) is 1.93. The van der Waals surface area contributed by atoms with Crippen molar-refractivity contribution < 1.29 is 4.79 Å². The van der Waals surface area contributed by atoms with Gasteiger partial charge in [-0.1, -0.05) is 0 Å². The molecule has 5 nitrogen and oxygen atoms in total. The van der Waals surface area contributed by atoms with Crippen LogP contribution in [0.15, 0.2) is 12.3 Å². The largest absolute Gasteiger partial charge is 0.397 e. The predicted octanol–water partition coefficient (Wildman–Crippen LogP) is 0.251. The number of likely N-dealkylation sites (N-methyl/N-ethyl adjacent to an activating group) is 1. The highest BCUT2D eigenvalue weighted by Crippen LogP contribution is 2.20. The summed E-state index contributed by atoms with van der Waals surface area (Å²) in [6.45, 7) is 3.92. The van der Waals surface area contributed by atoms with E-state index in [0.717, 1.165) is 24.5 Å². The van der Waals surface area contributed by atoms with E-state index in [0.29, 0.717) is 12.2 Å². The summed E-state index contributed by atoms with van der Waals surface area (Å²) in [6.07, 6.45) is 1.63. The van der Waals surface area contributed by atoms with Crippen LogP contribution in [-0.4, -0.2) is 42.5 Å². The number of nitrogens with zero attached hydrogens (tertiary/aromatic N) is 3. The minimum absolute atomic E-state index is 0.129. The molecule has 0 aromatic carbocycles. The maximum absolute atomic E-state index is 11.6. The summed E-state index contributed by atoms with van der Waals surface area (Å²) in [5, 5.41) is 0. The van der Waals surface area contributed by atoms with Crippen molar-refractivity contribution in [2.45, 2.75) is 6.92 Å². The van der Waals surface area contributed by atoms with E-state index in [1.165, 1.54) is 0 Å². The number of pyridine rings is 1. The maximum Gasteiger partial charge on any atom is 0.241 e. The van der Waals surface area contributed by atoms with E-state index in [4.69, 9.17) is 5.73 Å². The van der Waals surface area contributed by atoms with Crippen LogP contribution in [-0.2, 0) is 4.79 Å². The quantitative estimate of drug-likeness (QED) is 0.737. The number of nitrogen functional groups attached to an aromatic ring is 1. The molecule has 1 aromatic heterocycles. The van der Waals surface area contributed by atoms with Gasteiger partial charge in [0.05, 0.1) is 18.4 Å². The van der Waals surface area contributed by atoms with E-state index in [9.17, 15) is 4.79 Å². The molecule has 1 aliphatic heterocycles. The van der Waals surface area contributed by atoms with Gasteiger partial charge in [-0.2, -0.15) is 0 Å². The second-order valence-electron chi connectivity index (χ2n) is 4.15. The second kappa shape index (κ2) is 4.00. The number of nitrogens with two attached hydrogens (primary N) is 1. The van der Waals surface area contributed by atoms with E-state index >= 15 is 0 Å². The van der Waals surface area contributed by atoms with Gasteiger partial charge in [0.2, 0.25) is 5.91 Å². The molecule has 2 heterocycles. The van der Waals surface area contributed by atoms with Crippen LogP contribution in [0.3, 0.4) is 0 Å². The number of hydrogen-bond acceptors (Lipinski definition) is 4. The van der Waals surface area contributed by atoms with Crippen molar-refractivity contribution in [3.63, 3.8) is 0 Å².